The molecule has 0 amide bonds. The Hall–Kier alpha value is -4.03. The summed E-state index contributed by atoms with van der Waals surface area (Å²) < 4.78 is 13.3. The third-order valence-electron chi connectivity index (χ3n) is 5.78. The zero-order valence-electron chi connectivity index (χ0n) is 18.4. The molecule has 9 nitrogen and oxygen atoms in total. The third-order valence-corrected chi connectivity index (χ3v) is 5.78. The van der Waals surface area contributed by atoms with E-state index in [2.05, 4.69) is 31.3 Å². The number of rotatable bonds is 5. The van der Waals surface area contributed by atoms with E-state index in [-0.39, 0.29) is 0 Å². The number of imidazole rings is 1. The van der Waals surface area contributed by atoms with Crippen LogP contribution in [0.15, 0.2) is 43.0 Å². The average Bonchev–Trinajstić information content (AvgIpc) is 3.22. The Morgan fingerprint density at radius 3 is 2.73 bits per heavy atom. The van der Waals surface area contributed by atoms with Gasteiger partial charge < -0.3 is 19.4 Å². The number of aryl methyl sites for hydroxylation is 2. The van der Waals surface area contributed by atoms with Crippen molar-refractivity contribution < 1.29 is 9.47 Å². The first kappa shape index (κ1) is 20.8. The summed E-state index contributed by atoms with van der Waals surface area (Å²) in [5.74, 6) is 2.13. The highest BCUT2D eigenvalue weighted by atomic mass is 16.5. The largest absolute Gasteiger partial charge is 0.437 e. The molecular formula is C24H23N7O2. The lowest BCUT2D eigenvalue weighted by Gasteiger charge is -2.22. The molecule has 0 bridgehead atoms. The van der Waals surface area contributed by atoms with Gasteiger partial charge in [-0.15, -0.1) is 0 Å². The van der Waals surface area contributed by atoms with E-state index < -0.39 is 0 Å². The van der Waals surface area contributed by atoms with Gasteiger partial charge in [-0.05, 0) is 48.9 Å². The highest BCUT2D eigenvalue weighted by molar-refractivity contribution is 5.88. The van der Waals surface area contributed by atoms with E-state index in [4.69, 9.17) is 14.7 Å². The van der Waals surface area contributed by atoms with E-state index in [0.29, 0.717) is 34.7 Å². The zero-order chi connectivity index (χ0) is 22.8. The monoisotopic (exact) mass is 441 g/mol. The molecule has 1 fully saturated rings. The van der Waals surface area contributed by atoms with Crippen molar-refractivity contribution in [2.75, 3.05) is 18.5 Å². The smallest absolute Gasteiger partial charge is 0.223 e. The standard InChI is InChI=1S/C24H23N7O2/c1-15-9-18(11-25)26-13-20(15)33-22-10-19(23-24(30-22)31(2)14-28-23)29-21-4-3-17(12-27-21)16-5-7-32-8-6-16/h3-4,9-10,12-14,16H,5-8H2,1-2H3,(H,27,29,30). The molecule has 1 aliphatic heterocycles. The first-order chi connectivity index (χ1) is 16.1. The summed E-state index contributed by atoms with van der Waals surface area (Å²) in [6.07, 6.45) is 7.23. The first-order valence-electron chi connectivity index (χ1n) is 10.8. The van der Waals surface area contributed by atoms with Crippen LogP contribution in [0.2, 0.25) is 0 Å². The number of nitriles is 1. The van der Waals surface area contributed by atoms with Gasteiger partial charge in [-0.1, -0.05) is 6.07 Å². The minimum atomic E-state index is 0.340. The fourth-order valence-corrected chi connectivity index (χ4v) is 3.94. The van der Waals surface area contributed by atoms with Crippen LogP contribution in [-0.4, -0.2) is 37.7 Å². The lowest BCUT2D eigenvalue weighted by molar-refractivity contribution is 0.0853. The van der Waals surface area contributed by atoms with Crippen LogP contribution in [0.1, 0.15) is 35.6 Å². The second kappa shape index (κ2) is 8.84. The summed E-state index contributed by atoms with van der Waals surface area (Å²) >= 11 is 0. The van der Waals surface area contributed by atoms with Crippen molar-refractivity contribution in [3.63, 3.8) is 0 Å². The summed E-state index contributed by atoms with van der Waals surface area (Å²) in [5.41, 5.74) is 4.50. The summed E-state index contributed by atoms with van der Waals surface area (Å²) in [7, 11) is 1.88. The summed E-state index contributed by atoms with van der Waals surface area (Å²) in [4.78, 5) is 17.8. The Bertz CT molecular complexity index is 1340. The van der Waals surface area contributed by atoms with Gasteiger partial charge in [0.05, 0.1) is 18.2 Å². The van der Waals surface area contributed by atoms with Crippen LogP contribution in [-0.2, 0) is 11.8 Å². The van der Waals surface area contributed by atoms with Crippen LogP contribution in [0.4, 0.5) is 11.5 Å². The summed E-state index contributed by atoms with van der Waals surface area (Å²) in [6, 6.07) is 9.60. The van der Waals surface area contributed by atoms with Crippen molar-refractivity contribution >= 4 is 22.7 Å². The second-order valence-electron chi connectivity index (χ2n) is 8.07. The van der Waals surface area contributed by atoms with Gasteiger partial charge in [-0.25, -0.2) is 15.0 Å². The molecule has 1 aliphatic rings. The number of ether oxygens (including phenoxy) is 2. The Balaban J connectivity index is 1.43. The molecule has 0 spiro atoms. The van der Waals surface area contributed by atoms with Gasteiger partial charge in [-0.3, -0.25) is 0 Å². The van der Waals surface area contributed by atoms with Crippen LogP contribution in [0.5, 0.6) is 11.6 Å². The number of hydrogen-bond acceptors (Lipinski definition) is 8. The van der Waals surface area contributed by atoms with Crippen molar-refractivity contribution in [1.82, 2.24) is 24.5 Å². The predicted molar refractivity (Wildman–Crippen MR) is 123 cm³/mol. The highest BCUT2D eigenvalue weighted by Crippen LogP contribution is 2.32. The fourth-order valence-electron chi connectivity index (χ4n) is 3.94. The zero-order valence-corrected chi connectivity index (χ0v) is 18.4. The van der Waals surface area contributed by atoms with Crippen molar-refractivity contribution in [1.29, 1.82) is 5.26 Å². The number of anilines is 2. The molecular weight excluding hydrogens is 418 g/mol. The van der Waals surface area contributed by atoms with Crippen LogP contribution >= 0.6 is 0 Å². The SMILES string of the molecule is Cc1cc(C#N)ncc1Oc1cc(Nc2ccc(C3CCOCC3)cn2)c2ncn(C)c2n1. The van der Waals surface area contributed by atoms with E-state index >= 15 is 0 Å². The van der Waals surface area contributed by atoms with E-state index in [0.717, 1.165) is 42.8 Å². The normalized spacial score (nSPS) is 14.2. The van der Waals surface area contributed by atoms with E-state index in [9.17, 15) is 0 Å². The minimum Gasteiger partial charge on any atom is -0.437 e. The van der Waals surface area contributed by atoms with Gasteiger partial charge in [0.15, 0.2) is 11.4 Å². The van der Waals surface area contributed by atoms with Gasteiger partial charge in [0.25, 0.3) is 0 Å². The number of fused-ring (bicyclic) bond motifs is 1. The number of aromatic nitrogens is 5. The number of pyridine rings is 3. The average molecular weight is 441 g/mol. The molecule has 0 radical (unpaired) electrons. The molecule has 0 aliphatic carbocycles. The molecule has 9 heteroatoms. The van der Waals surface area contributed by atoms with Crippen molar-refractivity contribution in [3.8, 4) is 17.7 Å². The lowest BCUT2D eigenvalue weighted by atomic mass is 9.93. The molecule has 33 heavy (non-hydrogen) atoms. The van der Waals surface area contributed by atoms with Crippen LogP contribution in [0.25, 0.3) is 11.2 Å². The molecule has 0 unspecified atom stereocenters. The Kier molecular flexibility index (Phi) is 5.59. The number of nitrogens with one attached hydrogen (secondary N) is 1. The van der Waals surface area contributed by atoms with Crippen LogP contribution in [0.3, 0.4) is 0 Å². The Morgan fingerprint density at radius 1 is 1.15 bits per heavy atom. The van der Waals surface area contributed by atoms with Crippen molar-refractivity contribution in [3.05, 3.63) is 59.8 Å². The fraction of sp³-hybridized carbons (Fsp3) is 0.292. The lowest BCUT2D eigenvalue weighted by Crippen LogP contribution is -2.14. The molecule has 0 aromatic carbocycles. The predicted octanol–water partition coefficient (Wildman–Crippen LogP) is 4.37. The first-order valence-corrected chi connectivity index (χ1v) is 10.8. The molecule has 4 aromatic heterocycles. The molecule has 166 valence electrons. The molecule has 1 saturated heterocycles. The molecule has 0 saturated carbocycles. The number of hydrogen-bond donors (Lipinski definition) is 1. The van der Waals surface area contributed by atoms with Gasteiger partial charge in [0.2, 0.25) is 5.88 Å². The van der Waals surface area contributed by atoms with E-state index in [1.165, 1.54) is 11.8 Å². The van der Waals surface area contributed by atoms with Crippen molar-refractivity contribution in [2.45, 2.75) is 25.7 Å². The van der Waals surface area contributed by atoms with Crippen LogP contribution < -0.4 is 10.1 Å². The second-order valence-corrected chi connectivity index (χ2v) is 8.07. The molecule has 5 rings (SSSR count). The molecule has 5 heterocycles. The maximum Gasteiger partial charge on any atom is 0.223 e. The van der Waals surface area contributed by atoms with Crippen LogP contribution in [0, 0.1) is 18.3 Å². The summed E-state index contributed by atoms with van der Waals surface area (Å²) in [6.45, 7) is 3.47. The Morgan fingerprint density at radius 2 is 2.00 bits per heavy atom. The highest BCUT2D eigenvalue weighted by Gasteiger charge is 2.17. The van der Waals surface area contributed by atoms with Gasteiger partial charge in [0.1, 0.15) is 23.1 Å². The maximum atomic E-state index is 9.04. The van der Waals surface area contributed by atoms with E-state index in [1.807, 2.05) is 36.9 Å². The van der Waals surface area contributed by atoms with E-state index in [1.54, 1.807) is 18.5 Å². The molecule has 1 N–H and O–H groups in total. The minimum absolute atomic E-state index is 0.340. The topological polar surface area (TPSA) is 111 Å². The molecule has 0 atom stereocenters. The maximum absolute atomic E-state index is 9.04. The third kappa shape index (κ3) is 4.33. The van der Waals surface area contributed by atoms with Gasteiger partial charge in [0, 0.05) is 32.5 Å². The Labute approximate surface area is 191 Å². The summed E-state index contributed by atoms with van der Waals surface area (Å²) in [5, 5.41) is 12.4. The molecule has 4 aromatic rings. The van der Waals surface area contributed by atoms with Gasteiger partial charge >= 0.3 is 0 Å². The van der Waals surface area contributed by atoms with Gasteiger partial charge in [-0.2, -0.15) is 10.2 Å². The quantitative estimate of drug-likeness (QED) is 0.486. The van der Waals surface area contributed by atoms with Crippen molar-refractivity contribution in [2.24, 2.45) is 7.05 Å². The number of nitrogens with zero attached hydrogens (tertiary/aromatic N) is 6.